The van der Waals surface area contributed by atoms with Gasteiger partial charge in [0.15, 0.2) is 10.6 Å². The van der Waals surface area contributed by atoms with Crippen molar-refractivity contribution in [3.63, 3.8) is 0 Å². The van der Waals surface area contributed by atoms with Crippen LogP contribution in [0, 0.1) is 4.77 Å². The Balaban J connectivity index is 1.70. The lowest BCUT2D eigenvalue weighted by Gasteiger charge is -2.09. The van der Waals surface area contributed by atoms with E-state index in [2.05, 4.69) is 15.5 Å². The van der Waals surface area contributed by atoms with Gasteiger partial charge in [-0.15, -0.1) is 0 Å². The SMILES string of the molecule is COc1ccc(-c2n[nH]c(=S)n2CC(=O)NCc2cccc(OC)c2)cc1. The highest BCUT2D eigenvalue weighted by atomic mass is 32.1. The monoisotopic (exact) mass is 384 g/mol. The summed E-state index contributed by atoms with van der Waals surface area (Å²) >= 11 is 5.27. The van der Waals surface area contributed by atoms with Gasteiger partial charge in [0.05, 0.1) is 14.2 Å². The zero-order valence-corrected chi connectivity index (χ0v) is 15.9. The Hall–Kier alpha value is -3.13. The maximum Gasteiger partial charge on any atom is 0.240 e. The number of nitrogens with one attached hydrogen (secondary N) is 2. The third-order valence-electron chi connectivity index (χ3n) is 4.03. The van der Waals surface area contributed by atoms with Crippen molar-refractivity contribution in [2.24, 2.45) is 0 Å². The molecular formula is C19H20N4O3S. The summed E-state index contributed by atoms with van der Waals surface area (Å²) in [6.45, 7) is 0.472. The van der Waals surface area contributed by atoms with Crippen LogP contribution in [0.4, 0.5) is 0 Å². The van der Waals surface area contributed by atoms with E-state index in [-0.39, 0.29) is 12.5 Å². The molecule has 3 aromatic rings. The Morgan fingerprint density at radius 1 is 1.15 bits per heavy atom. The van der Waals surface area contributed by atoms with Crippen LogP contribution in [-0.2, 0) is 17.9 Å². The van der Waals surface area contributed by atoms with Crippen LogP contribution < -0.4 is 14.8 Å². The summed E-state index contributed by atoms with van der Waals surface area (Å²) in [6.07, 6.45) is 0. The number of methoxy groups -OCH3 is 2. The molecule has 0 spiro atoms. The number of hydrogen-bond acceptors (Lipinski definition) is 5. The summed E-state index contributed by atoms with van der Waals surface area (Å²) in [5, 5.41) is 9.88. The number of carbonyl (C=O) groups excluding carboxylic acids is 1. The van der Waals surface area contributed by atoms with Crippen molar-refractivity contribution in [3.8, 4) is 22.9 Å². The molecule has 0 radical (unpaired) electrons. The number of benzene rings is 2. The first-order chi connectivity index (χ1) is 13.1. The van der Waals surface area contributed by atoms with Gasteiger partial charge in [0.1, 0.15) is 18.0 Å². The average Bonchev–Trinajstić information content (AvgIpc) is 3.07. The normalized spacial score (nSPS) is 10.4. The summed E-state index contributed by atoms with van der Waals surface area (Å²) in [5.74, 6) is 1.93. The topological polar surface area (TPSA) is 81.2 Å². The molecule has 0 aliphatic heterocycles. The number of aromatic amines is 1. The van der Waals surface area contributed by atoms with Gasteiger partial charge in [0, 0.05) is 12.1 Å². The van der Waals surface area contributed by atoms with Crippen molar-refractivity contribution in [1.29, 1.82) is 0 Å². The molecule has 0 aliphatic rings. The second-order valence-corrected chi connectivity index (χ2v) is 6.18. The third-order valence-corrected chi connectivity index (χ3v) is 4.34. The maximum atomic E-state index is 12.4. The van der Waals surface area contributed by atoms with Gasteiger partial charge in [0.2, 0.25) is 5.91 Å². The molecule has 0 saturated carbocycles. The molecule has 0 aliphatic carbocycles. The number of aromatic nitrogens is 3. The molecule has 1 aromatic heterocycles. The first kappa shape index (κ1) is 18.7. The van der Waals surface area contributed by atoms with Crippen molar-refractivity contribution in [2.75, 3.05) is 14.2 Å². The molecule has 3 rings (SSSR count). The van der Waals surface area contributed by atoms with E-state index in [1.54, 1.807) is 18.8 Å². The molecule has 1 amide bonds. The highest BCUT2D eigenvalue weighted by Crippen LogP contribution is 2.21. The lowest BCUT2D eigenvalue weighted by molar-refractivity contribution is -0.121. The van der Waals surface area contributed by atoms with Gasteiger partial charge < -0.3 is 14.8 Å². The van der Waals surface area contributed by atoms with E-state index in [0.29, 0.717) is 17.1 Å². The smallest absolute Gasteiger partial charge is 0.240 e. The quantitative estimate of drug-likeness (QED) is 0.612. The van der Waals surface area contributed by atoms with Gasteiger partial charge >= 0.3 is 0 Å². The van der Waals surface area contributed by atoms with E-state index in [0.717, 1.165) is 22.6 Å². The molecule has 7 nitrogen and oxygen atoms in total. The number of rotatable bonds is 7. The van der Waals surface area contributed by atoms with Crippen LogP contribution in [0.3, 0.4) is 0 Å². The molecule has 0 fully saturated rings. The molecule has 27 heavy (non-hydrogen) atoms. The van der Waals surface area contributed by atoms with Gasteiger partial charge in [-0.3, -0.25) is 14.5 Å². The number of H-pyrrole nitrogens is 1. The third kappa shape index (κ3) is 4.53. The fraction of sp³-hybridized carbons (Fsp3) is 0.211. The molecule has 0 unspecified atom stereocenters. The van der Waals surface area contributed by atoms with Gasteiger partial charge in [-0.05, 0) is 54.2 Å². The Kier molecular flexibility index (Phi) is 5.87. The van der Waals surface area contributed by atoms with Crippen LogP contribution >= 0.6 is 12.2 Å². The minimum absolute atomic E-state index is 0.0701. The number of amides is 1. The second kappa shape index (κ2) is 8.50. The summed E-state index contributed by atoms with van der Waals surface area (Å²) in [7, 11) is 3.22. The van der Waals surface area contributed by atoms with Gasteiger partial charge in [-0.2, -0.15) is 5.10 Å². The number of ether oxygens (including phenoxy) is 2. The zero-order chi connectivity index (χ0) is 19.2. The molecular weight excluding hydrogens is 364 g/mol. The fourth-order valence-corrected chi connectivity index (χ4v) is 2.80. The molecule has 0 atom stereocenters. The Bertz CT molecular complexity index is 979. The minimum Gasteiger partial charge on any atom is -0.497 e. The lowest BCUT2D eigenvalue weighted by Crippen LogP contribution is -2.27. The van der Waals surface area contributed by atoms with Crippen molar-refractivity contribution in [3.05, 3.63) is 58.9 Å². The van der Waals surface area contributed by atoms with E-state index in [1.807, 2.05) is 48.5 Å². The minimum atomic E-state index is -0.162. The van der Waals surface area contributed by atoms with Crippen LogP contribution in [0.25, 0.3) is 11.4 Å². The molecule has 140 valence electrons. The lowest BCUT2D eigenvalue weighted by atomic mass is 10.2. The Morgan fingerprint density at radius 2 is 1.89 bits per heavy atom. The second-order valence-electron chi connectivity index (χ2n) is 5.80. The van der Waals surface area contributed by atoms with Gasteiger partial charge in [0.25, 0.3) is 0 Å². The van der Waals surface area contributed by atoms with Gasteiger partial charge in [-0.25, -0.2) is 0 Å². The predicted molar refractivity (Wildman–Crippen MR) is 104 cm³/mol. The molecule has 0 bridgehead atoms. The van der Waals surface area contributed by atoms with Crippen molar-refractivity contribution >= 4 is 18.1 Å². The van der Waals surface area contributed by atoms with Crippen LogP contribution in [0.2, 0.25) is 0 Å². The zero-order valence-electron chi connectivity index (χ0n) is 15.1. The molecule has 2 N–H and O–H groups in total. The Morgan fingerprint density at radius 3 is 2.59 bits per heavy atom. The van der Waals surface area contributed by atoms with E-state index < -0.39 is 0 Å². The highest BCUT2D eigenvalue weighted by molar-refractivity contribution is 7.71. The first-order valence-corrected chi connectivity index (χ1v) is 8.71. The summed E-state index contributed by atoms with van der Waals surface area (Å²) < 4.78 is 12.4. The maximum absolute atomic E-state index is 12.4. The fourth-order valence-electron chi connectivity index (χ4n) is 2.61. The summed E-state index contributed by atoms with van der Waals surface area (Å²) in [4.78, 5) is 12.4. The molecule has 1 heterocycles. The van der Waals surface area contributed by atoms with Crippen LogP contribution in [-0.4, -0.2) is 34.9 Å². The standard InChI is InChI=1S/C19H20N4O3S/c1-25-15-8-6-14(7-9-15)18-21-22-19(27)23(18)12-17(24)20-11-13-4-3-5-16(10-13)26-2/h3-10H,11-12H2,1-2H3,(H,20,24)(H,22,27). The number of carbonyl (C=O) groups is 1. The summed E-state index contributed by atoms with van der Waals surface area (Å²) in [5.41, 5.74) is 1.79. The van der Waals surface area contributed by atoms with E-state index in [4.69, 9.17) is 21.7 Å². The number of nitrogens with zero attached hydrogens (tertiary/aromatic N) is 2. The molecule has 8 heteroatoms. The predicted octanol–water partition coefficient (Wildman–Crippen LogP) is 2.94. The van der Waals surface area contributed by atoms with E-state index in [1.165, 1.54) is 0 Å². The van der Waals surface area contributed by atoms with E-state index >= 15 is 0 Å². The van der Waals surface area contributed by atoms with Crippen LogP contribution in [0.1, 0.15) is 5.56 Å². The van der Waals surface area contributed by atoms with Crippen molar-refractivity contribution in [2.45, 2.75) is 13.1 Å². The first-order valence-electron chi connectivity index (χ1n) is 8.30. The molecule has 0 saturated heterocycles. The van der Waals surface area contributed by atoms with Crippen LogP contribution in [0.15, 0.2) is 48.5 Å². The van der Waals surface area contributed by atoms with Crippen molar-refractivity contribution in [1.82, 2.24) is 20.1 Å². The van der Waals surface area contributed by atoms with Crippen LogP contribution in [0.5, 0.6) is 11.5 Å². The number of hydrogen-bond donors (Lipinski definition) is 2. The van der Waals surface area contributed by atoms with Gasteiger partial charge in [-0.1, -0.05) is 12.1 Å². The van der Waals surface area contributed by atoms with E-state index in [9.17, 15) is 4.79 Å². The Labute approximate surface area is 161 Å². The molecule has 2 aromatic carbocycles. The van der Waals surface area contributed by atoms with Crippen molar-refractivity contribution < 1.29 is 14.3 Å². The largest absolute Gasteiger partial charge is 0.497 e. The average molecular weight is 384 g/mol. The summed E-state index contributed by atoms with van der Waals surface area (Å²) in [6, 6.07) is 15.0. The highest BCUT2D eigenvalue weighted by Gasteiger charge is 2.12.